The lowest BCUT2D eigenvalue weighted by atomic mass is 10.2. The van der Waals surface area contributed by atoms with Crippen LogP contribution in [0.15, 0.2) is 28.7 Å². The predicted octanol–water partition coefficient (Wildman–Crippen LogP) is 2.05. The Labute approximate surface area is 115 Å². The highest BCUT2D eigenvalue weighted by atomic mass is 79.9. The third kappa shape index (κ3) is 2.01. The van der Waals surface area contributed by atoms with Crippen LogP contribution >= 0.6 is 15.9 Å². The predicted molar refractivity (Wildman–Crippen MR) is 74.9 cm³/mol. The first-order valence-corrected chi connectivity index (χ1v) is 7.10. The van der Waals surface area contributed by atoms with Crippen LogP contribution in [-0.4, -0.2) is 43.2 Å². The molecule has 1 atom stereocenters. The molecule has 96 valence electrons. The maximum absolute atomic E-state index is 12.4. The molecule has 2 aliphatic heterocycles. The summed E-state index contributed by atoms with van der Waals surface area (Å²) in [5, 5.41) is 3.31. The van der Waals surface area contributed by atoms with Crippen molar-refractivity contribution in [2.45, 2.75) is 12.5 Å². The van der Waals surface area contributed by atoms with E-state index in [9.17, 15) is 4.79 Å². The van der Waals surface area contributed by atoms with E-state index in [0.717, 1.165) is 42.8 Å². The smallest absolute Gasteiger partial charge is 0.318 e. The van der Waals surface area contributed by atoms with Gasteiger partial charge in [0.25, 0.3) is 0 Å². The van der Waals surface area contributed by atoms with Gasteiger partial charge < -0.3 is 10.2 Å². The number of hydrogen-bond donors (Lipinski definition) is 1. The molecule has 0 saturated carbocycles. The van der Waals surface area contributed by atoms with Crippen LogP contribution in [0.2, 0.25) is 0 Å². The number of urea groups is 1. The quantitative estimate of drug-likeness (QED) is 0.907. The molecule has 2 aliphatic rings. The molecule has 1 aromatic rings. The van der Waals surface area contributed by atoms with E-state index < -0.39 is 0 Å². The van der Waals surface area contributed by atoms with Crippen LogP contribution in [0, 0.1) is 0 Å². The van der Waals surface area contributed by atoms with Crippen molar-refractivity contribution < 1.29 is 4.79 Å². The van der Waals surface area contributed by atoms with Gasteiger partial charge in [0.1, 0.15) is 0 Å². The van der Waals surface area contributed by atoms with Crippen LogP contribution in [0.25, 0.3) is 0 Å². The molecule has 2 amide bonds. The van der Waals surface area contributed by atoms with E-state index in [2.05, 4.69) is 21.2 Å². The second-order valence-electron chi connectivity index (χ2n) is 4.73. The zero-order valence-corrected chi connectivity index (χ0v) is 11.7. The monoisotopic (exact) mass is 309 g/mol. The van der Waals surface area contributed by atoms with Crippen LogP contribution in [0.4, 0.5) is 10.5 Å². The molecule has 5 heteroatoms. The van der Waals surface area contributed by atoms with E-state index in [-0.39, 0.29) is 6.03 Å². The Morgan fingerprint density at radius 1 is 1.28 bits per heavy atom. The van der Waals surface area contributed by atoms with Crippen molar-refractivity contribution in [1.29, 1.82) is 0 Å². The number of carbonyl (C=O) groups is 1. The minimum atomic E-state index is 0.135. The Morgan fingerprint density at radius 3 is 2.83 bits per heavy atom. The average Bonchev–Trinajstić information content (AvgIpc) is 2.99. The molecule has 1 unspecified atom stereocenters. The van der Waals surface area contributed by atoms with Gasteiger partial charge in [-0.15, -0.1) is 0 Å². The summed E-state index contributed by atoms with van der Waals surface area (Å²) in [4.78, 5) is 16.3. The number of para-hydroxylation sites is 1. The van der Waals surface area contributed by atoms with Crippen molar-refractivity contribution >= 4 is 27.6 Å². The highest BCUT2D eigenvalue weighted by Crippen LogP contribution is 2.29. The minimum Gasteiger partial charge on any atom is -0.318 e. The van der Waals surface area contributed by atoms with Crippen molar-refractivity contribution in [1.82, 2.24) is 10.2 Å². The second-order valence-corrected chi connectivity index (χ2v) is 5.58. The summed E-state index contributed by atoms with van der Waals surface area (Å²) in [6.07, 6.45) is 1.07. The minimum absolute atomic E-state index is 0.135. The fourth-order valence-corrected chi connectivity index (χ4v) is 3.19. The summed E-state index contributed by atoms with van der Waals surface area (Å²) in [6.45, 7) is 3.55. The Kier molecular flexibility index (Phi) is 3.26. The average molecular weight is 310 g/mol. The molecule has 0 bridgehead atoms. The van der Waals surface area contributed by atoms with Crippen molar-refractivity contribution in [2.75, 3.05) is 31.1 Å². The Hall–Kier alpha value is -1.07. The molecule has 0 aliphatic carbocycles. The molecular formula is C13H16BrN3O. The molecule has 2 fully saturated rings. The molecular weight excluding hydrogens is 294 g/mol. The summed E-state index contributed by atoms with van der Waals surface area (Å²) < 4.78 is 0.977. The van der Waals surface area contributed by atoms with Gasteiger partial charge in [0.05, 0.1) is 5.69 Å². The zero-order valence-electron chi connectivity index (χ0n) is 10.1. The zero-order chi connectivity index (χ0) is 12.5. The number of nitrogens with one attached hydrogen (secondary N) is 1. The third-order valence-electron chi connectivity index (χ3n) is 3.66. The molecule has 4 nitrogen and oxygen atoms in total. The maximum Gasteiger partial charge on any atom is 0.324 e. The van der Waals surface area contributed by atoms with E-state index in [1.165, 1.54) is 0 Å². The third-order valence-corrected chi connectivity index (χ3v) is 4.33. The van der Waals surface area contributed by atoms with E-state index >= 15 is 0 Å². The summed E-state index contributed by atoms with van der Waals surface area (Å²) in [5.41, 5.74) is 0.968. The number of amides is 2. The fraction of sp³-hybridized carbons (Fsp3) is 0.462. The summed E-state index contributed by atoms with van der Waals surface area (Å²) in [7, 11) is 0. The molecule has 2 heterocycles. The van der Waals surface area contributed by atoms with Gasteiger partial charge in [-0.1, -0.05) is 12.1 Å². The van der Waals surface area contributed by atoms with Gasteiger partial charge in [-0.05, 0) is 41.0 Å². The SMILES string of the molecule is O=C1N(c2ccccc2Br)CCN1C1CCNC1. The van der Waals surface area contributed by atoms with Gasteiger partial charge in [0, 0.05) is 30.1 Å². The Balaban J connectivity index is 1.80. The van der Waals surface area contributed by atoms with Crippen molar-refractivity contribution in [3.8, 4) is 0 Å². The van der Waals surface area contributed by atoms with Crippen molar-refractivity contribution in [3.05, 3.63) is 28.7 Å². The molecule has 1 N–H and O–H groups in total. The van der Waals surface area contributed by atoms with Crippen molar-refractivity contribution in [3.63, 3.8) is 0 Å². The number of nitrogens with zero attached hydrogens (tertiary/aromatic N) is 2. The number of halogens is 1. The number of carbonyl (C=O) groups excluding carboxylic acids is 1. The summed E-state index contributed by atoms with van der Waals surface area (Å²) in [5.74, 6) is 0. The number of hydrogen-bond acceptors (Lipinski definition) is 2. The Bertz CT molecular complexity index is 459. The highest BCUT2D eigenvalue weighted by Gasteiger charge is 2.35. The largest absolute Gasteiger partial charge is 0.324 e. The molecule has 18 heavy (non-hydrogen) atoms. The lowest BCUT2D eigenvalue weighted by Gasteiger charge is -2.24. The van der Waals surface area contributed by atoms with Gasteiger partial charge in [-0.25, -0.2) is 4.79 Å². The van der Waals surface area contributed by atoms with Gasteiger partial charge in [-0.2, -0.15) is 0 Å². The van der Waals surface area contributed by atoms with E-state index in [0.29, 0.717) is 6.04 Å². The first-order chi connectivity index (χ1) is 8.77. The second kappa shape index (κ2) is 4.90. The van der Waals surface area contributed by atoms with Gasteiger partial charge in [0.15, 0.2) is 0 Å². The molecule has 0 aromatic heterocycles. The maximum atomic E-state index is 12.4. The van der Waals surface area contributed by atoms with Crippen LogP contribution in [0.1, 0.15) is 6.42 Å². The lowest BCUT2D eigenvalue weighted by Crippen LogP contribution is -2.40. The van der Waals surface area contributed by atoms with Crippen LogP contribution in [0.3, 0.4) is 0 Å². The van der Waals surface area contributed by atoms with E-state index in [1.54, 1.807) is 0 Å². The van der Waals surface area contributed by atoms with E-state index in [4.69, 9.17) is 0 Å². The van der Waals surface area contributed by atoms with Gasteiger partial charge >= 0.3 is 6.03 Å². The van der Waals surface area contributed by atoms with E-state index in [1.807, 2.05) is 34.1 Å². The molecule has 0 spiro atoms. The van der Waals surface area contributed by atoms with Gasteiger partial charge in [-0.3, -0.25) is 4.90 Å². The van der Waals surface area contributed by atoms with Crippen LogP contribution < -0.4 is 10.2 Å². The topological polar surface area (TPSA) is 35.6 Å². The number of benzene rings is 1. The van der Waals surface area contributed by atoms with Crippen LogP contribution in [-0.2, 0) is 0 Å². The molecule has 3 rings (SSSR count). The Morgan fingerprint density at radius 2 is 2.11 bits per heavy atom. The normalized spacial score (nSPS) is 24.1. The standard InChI is InChI=1S/C13H16BrN3O/c14-11-3-1-2-4-12(11)17-8-7-16(13(17)18)10-5-6-15-9-10/h1-4,10,15H,5-9H2. The first kappa shape index (κ1) is 12.0. The summed E-state index contributed by atoms with van der Waals surface area (Å²) in [6, 6.07) is 8.39. The lowest BCUT2D eigenvalue weighted by molar-refractivity contribution is 0.205. The molecule has 1 aromatic carbocycles. The highest BCUT2D eigenvalue weighted by molar-refractivity contribution is 9.10. The molecule has 2 saturated heterocycles. The summed E-state index contributed by atoms with van der Waals surface area (Å²) >= 11 is 3.51. The molecule has 0 radical (unpaired) electrons. The fourth-order valence-electron chi connectivity index (χ4n) is 2.69. The first-order valence-electron chi connectivity index (χ1n) is 6.31. The van der Waals surface area contributed by atoms with Crippen molar-refractivity contribution in [2.24, 2.45) is 0 Å². The number of rotatable bonds is 2. The van der Waals surface area contributed by atoms with Crippen LogP contribution in [0.5, 0.6) is 0 Å². The number of anilines is 1. The van der Waals surface area contributed by atoms with Gasteiger partial charge in [0.2, 0.25) is 0 Å².